The van der Waals surface area contributed by atoms with Crippen molar-refractivity contribution < 1.29 is 18.0 Å². The Morgan fingerprint density at radius 3 is 2.65 bits per heavy atom. The molecule has 26 heavy (non-hydrogen) atoms. The number of aromatic nitrogens is 4. The van der Waals surface area contributed by atoms with Crippen molar-refractivity contribution in [2.24, 2.45) is 5.92 Å². The van der Waals surface area contributed by atoms with Gasteiger partial charge in [-0.25, -0.2) is 4.98 Å². The van der Waals surface area contributed by atoms with E-state index >= 15 is 0 Å². The van der Waals surface area contributed by atoms with Crippen molar-refractivity contribution in [2.45, 2.75) is 52.4 Å². The van der Waals surface area contributed by atoms with Crippen molar-refractivity contribution in [3.8, 4) is 0 Å². The maximum Gasteiger partial charge on any atom is 0.435 e. The number of nitrogens with one attached hydrogen (secondary N) is 1. The quantitative estimate of drug-likeness (QED) is 0.816. The molecule has 1 aliphatic carbocycles. The predicted molar refractivity (Wildman–Crippen MR) is 88.4 cm³/mol. The maximum absolute atomic E-state index is 12.7. The number of halogens is 3. The first-order valence-corrected chi connectivity index (χ1v) is 8.63. The molecule has 0 radical (unpaired) electrons. The van der Waals surface area contributed by atoms with E-state index in [1.54, 1.807) is 0 Å². The van der Waals surface area contributed by atoms with Crippen LogP contribution in [0, 0.1) is 19.8 Å². The fourth-order valence-electron chi connectivity index (χ4n) is 2.83. The summed E-state index contributed by atoms with van der Waals surface area (Å²) in [6.07, 6.45) is 0.389. The molecular formula is C17H22F3N5O. The summed E-state index contributed by atoms with van der Waals surface area (Å²) in [7, 11) is 0. The van der Waals surface area contributed by atoms with Crippen LogP contribution in [0.4, 0.5) is 13.2 Å². The molecule has 2 aromatic heterocycles. The number of amides is 1. The van der Waals surface area contributed by atoms with Crippen LogP contribution in [0.3, 0.4) is 0 Å². The third kappa shape index (κ3) is 4.44. The summed E-state index contributed by atoms with van der Waals surface area (Å²) in [5.41, 5.74) is 0.411. The summed E-state index contributed by atoms with van der Waals surface area (Å²) in [6.45, 7) is 4.61. The van der Waals surface area contributed by atoms with E-state index in [9.17, 15) is 18.0 Å². The minimum absolute atomic E-state index is 0.239. The molecule has 1 aliphatic rings. The second kappa shape index (κ2) is 7.13. The minimum Gasteiger partial charge on any atom is -0.354 e. The van der Waals surface area contributed by atoms with Gasteiger partial charge < -0.3 is 9.88 Å². The van der Waals surface area contributed by atoms with Gasteiger partial charge in [0.2, 0.25) is 5.91 Å². The largest absolute Gasteiger partial charge is 0.435 e. The van der Waals surface area contributed by atoms with Gasteiger partial charge in [0.25, 0.3) is 0 Å². The van der Waals surface area contributed by atoms with Crippen LogP contribution in [0.15, 0.2) is 12.3 Å². The fraction of sp³-hybridized carbons (Fsp3) is 0.588. The molecule has 0 unspecified atom stereocenters. The number of nitrogens with zero attached hydrogens (tertiary/aromatic N) is 4. The summed E-state index contributed by atoms with van der Waals surface area (Å²) in [5, 5.41) is 6.18. The van der Waals surface area contributed by atoms with Crippen LogP contribution >= 0.6 is 0 Å². The standard InChI is InChI=1S/C17H22F3N5O/c1-11-7-14(17(18,19)20)23-25(11)10-16(26)21-6-5-15-22-8-12(2)24(15)9-13-3-4-13/h7-8,13H,3-6,9-10H2,1-2H3,(H,21,26). The van der Waals surface area contributed by atoms with Gasteiger partial charge in [-0.1, -0.05) is 0 Å². The maximum atomic E-state index is 12.7. The molecule has 2 aromatic rings. The van der Waals surface area contributed by atoms with E-state index in [1.807, 2.05) is 13.1 Å². The molecule has 142 valence electrons. The number of carbonyl (C=O) groups excluding carboxylic acids is 1. The highest BCUT2D eigenvalue weighted by atomic mass is 19.4. The lowest BCUT2D eigenvalue weighted by molar-refractivity contribution is -0.141. The van der Waals surface area contributed by atoms with E-state index in [0.717, 1.165) is 34.7 Å². The van der Waals surface area contributed by atoms with E-state index in [-0.39, 0.29) is 12.5 Å². The second-order valence-electron chi connectivity index (χ2n) is 6.80. The molecule has 1 N–H and O–H groups in total. The SMILES string of the molecule is Cc1cc(C(F)(F)F)nn1CC(=O)NCCc1ncc(C)n1CC1CC1. The molecule has 0 spiro atoms. The molecule has 0 aliphatic heterocycles. The van der Waals surface area contributed by atoms with Gasteiger partial charge in [-0.2, -0.15) is 18.3 Å². The van der Waals surface area contributed by atoms with Crippen LogP contribution in [-0.4, -0.2) is 31.8 Å². The van der Waals surface area contributed by atoms with Crippen molar-refractivity contribution in [1.29, 1.82) is 0 Å². The van der Waals surface area contributed by atoms with Gasteiger partial charge in [0.15, 0.2) is 5.69 Å². The molecular weight excluding hydrogens is 347 g/mol. The van der Waals surface area contributed by atoms with Gasteiger partial charge in [-0.15, -0.1) is 0 Å². The molecule has 3 rings (SSSR count). The first-order valence-electron chi connectivity index (χ1n) is 8.63. The lowest BCUT2D eigenvalue weighted by atomic mass is 10.3. The van der Waals surface area contributed by atoms with Crippen LogP contribution in [0.25, 0.3) is 0 Å². The Kier molecular flexibility index (Phi) is 5.06. The third-order valence-corrected chi connectivity index (χ3v) is 4.51. The highest BCUT2D eigenvalue weighted by Gasteiger charge is 2.34. The van der Waals surface area contributed by atoms with Gasteiger partial charge in [0, 0.05) is 37.1 Å². The Labute approximate surface area is 149 Å². The lowest BCUT2D eigenvalue weighted by Gasteiger charge is -2.10. The van der Waals surface area contributed by atoms with Crippen molar-refractivity contribution >= 4 is 5.91 Å². The topological polar surface area (TPSA) is 64.7 Å². The van der Waals surface area contributed by atoms with Crippen LogP contribution in [0.5, 0.6) is 0 Å². The Balaban J connectivity index is 1.51. The zero-order chi connectivity index (χ0) is 18.9. The molecule has 1 saturated carbocycles. The molecule has 6 nitrogen and oxygen atoms in total. The molecule has 1 amide bonds. The summed E-state index contributed by atoms with van der Waals surface area (Å²) in [6, 6.07) is 0.935. The zero-order valence-electron chi connectivity index (χ0n) is 14.8. The molecule has 0 saturated heterocycles. The fourth-order valence-corrected chi connectivity index (χ4v) is 2.83. The predicted octanol–water partition coefficient (Wildman–Crippen LogP) is 2.48. The molecule has 0 aromatic carbocycles. The Bertz CT molecular complexity index is 789. The van der Waals surface area contributed by atoms with Gasteiger partial charge in [-0.3, -0.25) is 9.48 Å². The van der Waals surface area contributed by atoms with E-state index < -0.39 is 11.9 Å². The van der Waals surface area contributed by atoms with Crippen LogP contribution in [0.2, 0.25) is 0 Å². The lowest BCUT2D eigenvalue weighted by Crippen LogP contribution is -2.30. The van der Waals surface area contributed by atoms with E-state index in [4.69, 9.17) is 0 Å². The first-order chi connectivity index (χ1) is 12.2. The third-order valence-electron chi connectivity index (χ3n) is 4.51. The molecule has 0 atom stereocenters. The number of aryl methyl sites for hydroxylation is 2. The van der Waals surface area contributed by atoms with Crippen molar-refractivity contribution in [1.82, 2.24) is 24.6 Å². The van der Waals surface area contributed by atoms with Crippen LogP contribution < -0.4 is 5.32 Å². The first kappa shape index (κ1) is 18.5. The van der Waals surface area contributed by atoms with E-state index in [0.29, 0.717) is 18.7 Å². The zero-order valence-corrected chi connectivity index (χ0v) is 14.8. The van der Waals surface area contributed by atoms with E-state index in [2.05, 4.69) is 20.0 Å². The summed E-state index contributed by atoms with van der Waals surface area (Å²) >= 11 is 0. The number of rotatable bonds is 7. The Morgan fingerprint density at radius 1 is 1.31 bits per heavy atom. The average molecular weight is 369 g/mol. The monoisotopic (exact) mass is 369 g/mol. The molecule has 9 heteroatoms. The Morgan fingerprint density at radius 2 is 2.04 bits per heavy atom. The normalized spacial score (nSPS) is 14.7. The summed E-state index contributed by atoms with van der Waals surface area (Å²) in [4.78, 5) is 16.4. The second-order valence-corrected chi connectivity index (χ2v) is 6.80. The minimum atomic E-state index is -4.51. The number of imidazole rings is 1. The van der Waals surface area contributed by atoms with Gasteiger partial charge in [0.1, 0.15) is 12.4 Å². The molecule has 1 fully saturated rings. The van der Waals surface area contributed by atoms with Crippen molar-refractivity contribution in [3.05, 3.63) is 35.2 Å². The number of carbonyl (C=O) groups is 1. The van der Waals surface area contributed by atoms with E-state index in [1.165, 1.54) is 19.8 Å². The van der Waals surface area contributed by atoms with Gasteiger partial charge in [-0.05, 0) is 38.7 Å². The summed E-state index contributed by atoms with van der Waals surface area (Å²) in [5.74, 6) is 1.27. The number of hydrogen-bond donors (Lipinski definition) is 1. The Hall–Kier alpha value is -2.32. The average Bonchev–Trinajstić information content (AvgIpc) is 3.21. The summed E-state index contributed by atoms with van der Waals surface area (Å²) < 4.78 is 41.2. The van der Waals surface area contributed by atoms with Crippen molar-refractivity contribution in [3.63, 3.8) is 0 Å². The van der Waals surface area contributed by atoms with Gasteiger partial charge >= 0.3 is 6.18 Å². The smallest absolute Gasteiger partial charge is 0.354 e. The number of hydrogen-bond acceptors (Lipinski definition) is 3. The van der Waals surface area contributed by atoms with Crippen LogP contribution in [0.1, 0.15) is 35.7 Å². The van der Waals surface area contributed by atoms with Crippen molar-refractivity contribution in [2.75, 3.05) is 6.54 Å². The molecule has 0 bridgehead atoms. The molecule has 2 heterocycles. The highest BCUT2D eigenvalue weighted by molar-refractivity contribution is 5.75. The van der Waals surface area contributed by atoms with Crippen LogP contribution in [-0.2, 0) is 30.5 Å². The van der Waals surface area contributed by atoms with Gasteiger partial charge in [0.05, 0.1) is 0 Å². The highest BCUT2D eigenvalue weighted by Crippen LogP contribution is 2.31. The number of alkyl halides is 3.